The summed E-state index contributed by atoms with van der Waals surface area (Å²) in [4.78, 5) is 27.4. The third-order valence-corrected chi connectivity index (χ3v) is 5.44. The first kappa shape index (κ1) is 23.8. The molecule has 0 atom stereocenters. The molecule has 0 aliphatic rings. The van der Waals surface area contributed by atoms with Crippen molar-refractivity contribution in [1.29, 1.82) is 5.26 Å². The summed E-state index contributed by atoms with van der Waals surface area (Å²) in [6.45, 7) is 1.75. The summed E-state index contributed by atoms with van der Waals surface area (Å²) in [6, 6.07) is 10.7. The number of hydrogen-bond donors (Lipinski definition) is 2. The molecule has 2 aromatic carbocycles. The van der Waals surface area contributed by atoms with Crippen molar-refractivity contribution in [3.63, 3.8) is 0 Å². The van der Waals surface area contributed by atoms with Gasteiger partial charge in [-0.3, -0.25) is 9.69 Å². The Balaban J connectivity index is 2.13. The van der Waals surface area contributed by atoms with Crippen LogP contribution in [0.25, 0.3) is 16.6 Å². The molecule has 0 aliphatic carbocycles. The fraction of sp³-hybridized carbons (Fsp3) is 0.136. The zero-order chi connectivity index (χ0) is 25.5. The molecule has 2 aromatic heterocycles. The van der Waals surface area contributed by atoms with E-state index in [-0.39, 0.29) is 57.3 Å². The van der Waals surface area contributed by atoms with Crippen LogP contribution in [0.3, 0.4) is 0 Å². The standard InChI is InChI=1S/C22H16ClF3N8O/c1-2-33(18-13(10-27)17(28)31-20(29)32-18)21-30-15-8-4-7-14(23)16(15)19(35)34(21)12-6-3-5-11(9-12)22(24,25)26/h3-9H,2H2,1H3,(H4,28,29,31,32). The first-order chi connectivity index (χ1) is 16.6. The van der Waals surface area contributed by atoms with Gasteiger partial charge in [-0.2, -0.15) is 28.4 Å². The Bertz CT molecular complexity index is 1560. The number of fused-ring (bicyclic) bond motifs is 1. The van der Waals surface area contributed by atoms with Gasteiger partial charge in [-0.15, -0.1) is 0 Å². The lowest BCUT2D eigenvalue weighted by Crippen LogP contribution is -2.31. The highest BCUT2D eigenvalue weighted by Gasteiger charge is 2.31. The summed E-state index contributed by atoms with van der Waals surface area (Å²) >= 11 is 6.25. The molecule has 0 aliphatic heterocycles. The number of nitriles is 1. The van der Waals surface area contributed by atoms with Gasteiger partial charge in [0, 0.05) is 6.54 Å². The molecule has 0 fully saturated rings. The lowest BCUT2D eigenvalue weighted by Gasteiger charge is -2.26. The second-order valence-electron chi connectivity index (χ2n) is 7.26. The summed E-state index contributed by atoms with van der Waals surface area (Å²) in [5.41, 5.74) is 9.82. The number of alkyl halides is 3. The predicted octanol–water partition coefficient (Wildman–Crippen LogP) is 4.04. The molecule has 4 N–H and O–H groups in total. The maximum Gasteiger partial charge on any atom is 0.416 e. The zero-order valence-electron chi connectivity index (χ0n) is 18.0. The van der Waals surface area contributed by atoms with Crippen LogP contribution in [-0.2, 0) is 6.18 Å². The first-order valence-electron chi connectivity index (χ1n) is 10.1. The Morgan fingerprint density at radius 3 is 2.51 bits per heavy atom. The van der Waals surface area contributed by atoms with Crippen molar-refractivity contribution in [1.82, 2.24) is 19.5 Å². The van der Waals surface area contributed by atoms with Crippen LogP contribution in [0.4, 0.5) is 36.7 Å². The number of halogens is 4. The minimum Gasteiger partial charge on any atom is -0.382 e. The van der Waals surface area contributed by atoms with E-state index in [2.05, 4.69) is 15.0 Å². The average molecular weight is 501 g/mol. The minimum absolute atomic E-state index is 0.00797. The van der Waals surface area contributed by atoms with Gasteiger partial charge in [0.25, 0.3) is 5.56 Å². The molecule has 2 heterocycles. The topological polar surface area (TPSA) is 140 Å². The van der Waals surface area contributed by atoms with Gasteiger partial charge in [0.15, 0.2) is 5.82 Å². The van der Waals surface area contributed by atoms with Crippen LogP contribution < -0.4 is 21.9 Å². The van der Waals surface area contributed by atoms with Crippen molar-refractivity contribution in [3.05, 3.63) is 69.0 Å². The van der Waals surface area contributed by atoms with E-state index < -0.39 is 17.3 Å². The second-order valence-corrected chi connectivity index (χ2v) is 7.66. The summed E-state index contributed by atoms with van der Waals surface area (Å²) in [7, 11) is 0. The molecule has 0 radical (unpaired) electrons. The third-order valence-electron chi connectivity index (χ3n) is 5.12. The van der Waals surface area contributed by atoms with Crippen LogP contribution in [0.5, 0.6) is 0 Å². The molecule has 0 amide bonds. The Labute approximate surface area is 201 Å². The second kappa shape index (κ2) is 8.77. The quantitative estimate of drug-likeness (QED) is 0.428. The summed E-state index contributed by atoms with van der Waals surface area (Å²) in [6.07, 6.45) is -4.66. The Morgan fingerprint density at radius 2 is 1.86 bits per heavy atom. The van der Waals surface area contributed by atoms with Crippen LogP contribution in [0, 0.1) is 11.3 Å². The average Bonchev–Trinajstić information content (AvgIpc) is 2.79. The van der Waals surface area contributed by atoms with Crippen LogP contribution in [-0.4, -0.2) is 26.1 Å². The van der Waals surface area contributed by atoms with Crippen molar-refractivity contribution >= 4 is 46.0 Å². The van der Waals surface area contributed by atoms with Crippen LogP contribution in [0.15, 0.2) is 47.3 Å². The number of hydrogen-bond acceptors (Lipinski definition) is 8. The predicted molar refractivity (Wildman–Crippen MR) is 126 cm³/mol. The zero-order valence-corrected chi connectivity index (χ0v) is 18.8. The molecule has 0 spiro atoms. The largest absolute Gasteiger partial charge is 0.416 e. The number of nitrogens with zero attached hydrogens (tertiary/aromatic N) is 6. The van der Waals surface area contributed by atoms with Gasteiger partial charge in [0.1, 0.15) is 17.5 Å². The van der Waals surface area contributed by atoms with E-state index in [1.54, 1.807) is 13.0 Å². The molecular formula is C22H16ClF3N8O. The highest BCUT2D eigenvalue weighted by molar-refractivity contribution is 6.35. The number of nitrogen functional groups attached to an aromatic ring is 2. The monoisotopic (exact) mass is 500 g/mol. The minimum atomic E-state index is -4.66. The van der Waals surface area contributed by atoms with Gasteiger partial charge < -0.3 is 11.5 Å². The number of anilines is 4. The maximum atomic E-state index is 13.7. The van der Waals surface area contributed by atoms with E-state index in [0.717, 1.165) is 16.7 Å². The molecule has 35 heavy (non-hydrogen) atoms. The highest BCUT2D eigenvalue weighted by atomic mass is 35.5. The van der Waals surface area contributed by atoms with Gasteiger partial charge >= 0.3 is 6.18 Å². The SMILES string of the molecule is CCN(c1nc(N)nc(N)c1C#N)c1nc2cccc(Cl)c2c(=O)n1-c1cccc(C(F)(F)F)c1. The van der Waals surface area contributed by atoms with Crippen LogP contribution >= 0.6 is 11.6 Å². The van der Waals surface area contributed by atoms with E-state index in [0.29, 0.717) is 0 Å². The fourth-order valence-corrected chi connectivity index (χ4v) is 3.84. The van der Waals surface area contributed by atoms with Crippen LogP contribution in [0.2, 0.25) is 5.02 Å². The molecule has 9 nitrogen and oxygen atoms in total. The molecule has 4 rings (SSSR count). The van der Waals surface area contributed by atoms with E-state index in [1.165, 1.54) is 29.2 Å². The van der Waals surface area contributed by atoms with Crippen LogP contribution in [0.1, 0.15) is 18.1 Å². The number of nitrogens with two attached hydrogens (primary N) is 2. The molecule has 178 valence electrons. The molecule has 13 heteroatoms. The Kier molecular flexibility index (Phi) is 5.96. The molecule has 0 saturated heterocycles. The summed E-state index contributed by atoms with van der Waals surface area (Å²) in [5.74, 6) is -0.633. The smallest absolute Gasteiger partial charge is 0.382 e. The first-order valence-corrected chi connectivity index (χ1v) is 10.4. The normalized spacial score (nSPS) is 11.4. The van der Waals surface area contributed by atoms with Crippen molar-refractivity contribution < 1.29 is 13.2 Å². The number of benzene rings is 2. The van der Waals surface area contributed by atoms with Gasteiger partial charge in [-0.25, -0.2) is 9.55 Å². The molecule has 0 bridgehead atoms. The highest BCUT2D eigenvalue weighted by Crippen LogP contribution is 2.33. The van der Waals surface area contributed by atoms with Gasteiger partial charge in [-0.05, 0) is 37.3 Å². The van der Waals surface area contributed by atoms with Crippen molar-refractivity contribution in [2.75, 3.05) is 22.9 Å². The van der Waals surface area contributed by atoms with Crippen molar-refractivity contribution in [2.45, 2.75) is 13.1 Å². The van der Waals surface area contributed by atoms with Gasteiger partial charge in [0.05, 0.1) is 27.2 Å². The van der Waals surface area contributed by atoms with E-state index in [4.69, 9.17) is 23.1 Å². The van der Waals surface area contributed by atoms with Crippen molar-refractivity contribution in [3.8, 4) is 11.8 Å². The summed E-state index contributed by atoms with van der Waals surface area (Å²) in [5, 5.41) is 9.73. The number of rotatable bonds is 4. The van der Waals surface area contributed by atoms with Gasteiger partial charge in [-0.1, -0.05) is 23.7 Å². The molecule has 0 saturated carbocycles. The fourth-order valence-electron chi connectivity index (χ4n) is 3.58. The lowest BCUT2D eigenvalue weighted by atomic mass is 10.2. The Morgan fingerprint density at radius 1 is 1.14 bits per heavy atom. The van der Waals surface area contributed by atoms with E-state index >= 15 is 0 Å². The molecule has 4 aromatic rings. The third kappa shape index (κ3) is 4.17. The summed E-state index contributed by atoms with van der Waals surface area (Å²) < 4.78 is 41.4. The lowest BCUT2D eigenvalue weighted by molar-refractivity contribution is -0.137. The number of aromatic nitrogens is 4. The Hall–Kier alpha value is -4.37. The van der Waals surface area contributed by atoms with Crippen molar-refractivity contribution in [2.24, 2.45) is 0 Å². The maximum absolute atomic E-state index is 13.7. The molecular weight excluding hydrogens is 485 g/mol. The van der Waals surface area contributed by atoms with Gasteiger partial charge in [0.2, 0.25) is 11.9 Å². The van der Waals surface area contributed by atoms with E-state index in [1.807, 2.05) is 6.07 Å². The van der Waals surface area contributed by atoms with E-state index in [9.17, 15) is 23.2 Å². The molecule has 0 unspecified atom stereocenters.